The molecule has 0 saturated carbocycles. The van der Waals surface area contributed by atoms with Crippen molar-refractivity contribution in [3.05, 3.63) is 88.1 Å². The Kier molecular flexibility index (Phi) is 8.45. The van der Waals surface area contributed by atoms with E-state index < -0.39 is 54.4 Å². The fourth-order valence-corrected chi connectivity index (χ4v) is 7.00. The van der Waals surface area contributed by atoms with Crippen LogP contribution in [0.2, 0.25) is 5.02 Å². The van der Waals surface area contributed by atoms with Crippen molar-refractivity contribution in [1.82, 2.24) is 15.0 Å². The number of nitrogens with one attached hydrogen (secondary N) is 2. The summed E-state index contributed by atoms with van der Waals surface area (Å²) in [5.41, 5.74) is 1.10. The predicted octanol–water partition coefficient (Wildman–Crippen LogP) is 6.65. The molecule has 2 aromatic heterocycles. The molecule has 3 aromatic carbocycles. The topological polar surface area (TPSA) is 149 Å². The number of H-pyrrole nitrogens is 2. The number of carbonyl (C=O) groups excluding carboxylic acids is 1. The lowest BCUT2D eigenvalue weighted by Gasteiger charge is -2.36. The first-order valence-corrected chi connectivity index (χ1v) is 16.4. The minimum Gasteiger partial charge on any atom is -0.493 e. The third kappa shape index (κ3) is 5.81. The third-order valence-corrected chi connectivity index (χ3v) is 9.44. The van der Waals surface area contributed by atoms with E-state index in [9.17, 15) is 17.6 Å². The normalized spacial score (nSPS) is 16.1. The van der Waals surface area contributed by atoms with E-state index in [-0.39, 0.29) is 34.6 Å². The van der Waals surface area contributed by atoms with Crippen molar-refractivity contribution < 1.29 is 40.6 Å². The zero-order valence-electron chi connectivity index (χ0n) is 25.0. The molecule has 0 spiro atoms. The standard InChI is InChI=1S/C32H28ClF3N4O6S/c1-3-44-23(41)10-7-16-5-4-6-19-28(16)45-12-11-32(19,2)22-15-39-31(40-22)18-13-17(8-9-21(18)34)46-29-26(36)25(35)27-24(20(33)14-38-27)30(29)47(37,42)43/h4-6,8-9,13-15,38H,3,7,10-12H2,1-2H3,(H,39,40)(H2,37,42,43). The summed E-state index contributed by atoms with van der Waals surface area (Å²) in [5, 5.41) is 4.74. The molecule has 5 aromatic rings. The summed E-state index contributed by atoms with van der Waals surface area (Å²) in [7, 11) is -4.70. The van der Waals surface area contributed by atoms with Gasteiger partial charge in [0.05, 0.1) is 29.3 Å². The van der Waals surface area contributed by atoms with Gasteiger partial charge in [-0.3, -0.25) is 4.79 Å². The number of aromatic amines is 2. The summed E-state index contributed by atoms with van der Waals surface area (Å²) >= 11 is 6.08. The molecule has 10 nitrogen and oxygen atoms in total. The Labute approximate surface area is 272 Å². The highest BCUT2D eigenvalue weighted by Gasteiger charge is 2.38. The fraction of sp³-hybridized carbons (Fsp3) is 0.250. The first-order chi connectivity index (χ1) is 22.3. The molecule has 1 atom stereocenters. The van der Waals surface area contributed by atoms with Crippen LogP contribution in [0.25, 0.3) is 22.3 Å². The van der Waals surface area contributed by atoms with E-state index in [0.29, 0.717) is 37.5 Å². The van der Waals surface area contributed by atoms with E-state index in [1.54, 1.807) is 13.1 Å². The molecule has 15 heteroatoms. The van der Waals surface area contributed by atoms with E-state index in [1.165, 1.54) is 6.07 Å². The number of hydrogen-bond acceptors (Lipinski definition) is 7. The van der Waals surface area contributed by atoms with Gasteiger partial charge in [0.25, 0.3) is 0 Å². The lowest BCUT2D eigenvalue weighted by molar-refractivity contribution is -0.143. The SMILES string of the molecule is CCOC(=O)CCc1cccc2c1OCCC2(C)c1cnc(-c2cc(Oc3c(F)c(F)c4[nH]cc(Cl)c4c3S(N)(=O)=O)ccc2F)[nH]1. The van der Waals surface area contributed by atoms with Crippen LogP contribution < -0.4 is 14.6 Å². The molecule has 3 heterocycles. The van der Waals surface area contributed by atoms with Crippen LogP contribution in [0.4, 0.5) is 13.2 Å². The Hall–Kier alpha value is -4.53. The molecule has 0 radical (unpaired) electrons. The number of nitrogens with two attached hydrogens (primary N) is 1. The summed E-state index contributed by atoms with van der Waals surface area (Å²) in [6.07, 6.45) is 3.82. The molecule has 0 aliphatic carbocycles. The summed E-state index contributed by atoms with van der Waals surface area (Å²) in [6.45, 7) is 4.40. The zero-order valence-corrected chi connectivity index (χ0v) is 26.6. The minimum absolute atomic E-state index is 0.0911. The molecular formula is C32H28ClF3N4O6S. The number of nitrogens with zero attached hydrogens (tertiary/aromatic N) is 1. The Morgan fingerprint density at radius 1 is 1.19 bits per heavy atom. The van der Waals surface area contributed by atoms with Crippen LogP contribution in [0, 0.1) is 17.5 Å². The van der Waals surface area contributed by atoms with E-state index in [2.05, 4.69) is 15.0 Å². The highest BCUT2D eigenvalue weighted by Crippen LogP contribution is 2.46. The summed E-state index contributed by atoms with van der Waals surface area (Å²) < 4.78 is 87.1. The first kappa shape index (κ1) is 32.4. The molecular weight excluding hydrogens is 661 g/mol. The van der Waals surface area contributed by atoms with Crippen molar-refractivity contribution in [1.29, 1.82) is 0 Å². The number of fused-ring (bicyclic) bond motifs is 2. The van der Waals surface area contributed by atoms with Crippen molar-refractivity contribution in [3.63, 3.8) is 0 Å². The fourth-order valence-electron chi connectivity index (χ4n) is 5.81. The quantitative estimate of drug-likeness (QED) is 0.147. The number of sulfonamides is 1. The van der Waals surface area contributed by atoms with Crippen molar-refractivity contribution in [3.8, 4) is 28.6 Å². The summed E-state index contributed by atoms with van der Waals surface area (Å²) in [4.78, 5) is 21.1. The number of rotatable bonds is 9. The number of ether oxygens (including phenoxy) is 3. The van der Waals surface area contributed by atoms with Crippen LogP contribution in [0.15, 0.2) is 53.7 Å². The lowest BCUT2D eigenvalue weighted by Crippen LogP contribution is -2.32. The number of primary sulfonamides is 1. The molecule has 0 amide bonds. The zero-order chi connectivity index (χ0) is 33.7. The smallest absolute Gasteiger partial charge is 0.306 e. The van der Waals surface area contributed by atoms with Crippen LogP contribution in [0.1, 0.15) is 43.5 Å². The Bertz CT molecular complexity index is 2150. The van der Waals surface area contributed by atoms with Crippen molar-refractivity contribution in [2.45, 2.75) is 43.4 Å². The van der Waals surface area contributed by atoms with Crippen LogP contribution in [0.5, 0.6) is 17.2 Å². The summed E-state index contributed by atoms with van der Waals surface area (Å²) in [6, 6.07) is 8.98. The first-order valence-electron chi connectivity index (χ1n) is 14.5. The molecule has 47 heavy (non-hydrogen) atoms. The van der Waals surface area contributed by atoms with Crippen LogP contribution in [0.3, 0.4) is 0 Å². The van der Waals surface area contributed by atoms with Gasteiger partial charge in [0, 0.05) is 40.9 Å². The van der Waals surface area contributed by atoms with Crippen LogP contribution in [-0.2, 0) is 31.4 Å². The highest BCUT2D eigenvalue weighted by atomic mass is 35.5. The van der Waals surface area contributed by atoms with Gasteiger partial charge in [0.2, 0.25) is 15.8 Å². The van der Waals surface area contributed by atoms with Crippen molar-refractivity contribution >= 4 is 38.5 Å². The average molecular weight is 689 g/mol. The van der Waals surface area contributed by atoms with Gasteiger partial charge in [0.1, 0.15) is 28.0 Å². The third-order valence-electron chi connectivity index (χ3n) is 8.19. The molecule has 1 aliphatic rings. The monoisotopic (exact) mass is 688 g/mol. The molecule has 1 aliphatic heterocycles. The van der Waals surface area contributed by atoms with Gasteiger partial charge in [-0.1, -0.05) is 29.8 Å². The number of aromatic nitrogens is 3. The van der Waals surface area contributed by atoms with Crippen LogP contribution >= 0.6 is 11.6 Å². The second-order valence-electron chi connectivity index (χ2n) is 11.1. The number of carbonyl (C=O) groups is 1. The van der Waals surface area contributed by atoms with Gasteiger partial charge in [-0.2, -0.15) is 4.39 Å². The average Bonchev–Trinajstić information content (AvgIpc) is 3.67. The number of esters is 1. The molecule has 246 valence electrons. The molecule has 4 N–H and O–H groups in total. The number of imidazole rings is 1. The van der Waals surface area contributed by atoms with Crippen molar-refractivity contribution in [2.24, 2.45) is 5.14 Å². The Morgan fingerprint density at radius 2 is 1.98 bits per heavy atom. The molecule has 0 bridgehead atoms. The number of halogens is 4. The van der Waals surface area contributed by atoms with Crippen LogP contribution in [-0.4, -0.2) is 42.6 Å². The Balaban J connectivity index is 1.36. The number of para-hydroxylation sites is 1. The largest absolute Gasteiger partial charge is 0.493 e. The van der Waals surface area contributed by atoms with E-state index >= 15 is 8.78 Å². The van der Waals surface area contributed by atoms with Gasteiger partial charge in [-0.25, -0.2) is 27.3 Å². The van der Waals surface area contributed by atoms with Crippen molar-refractivity contribution in [2.75, 3.05) is 13.2 Å². The second-order valence-corrected chi connectivity index (χ2v) is 13.0. The Morgan fingerprint density at radius 3 is 2.72 bits per heavy atom. The maximum absolute atomic E-state index is 15.2. The molecule has 0 fully saturated rings. The summed E-state index contributed by atoms with van der Waals surface area (Å²) in [5.74, 6) is -4.64. The molecule has 6 rings (SSSR count). The second kappa shape index (κ2) is 12.2. The van der Waals surface area contributed by atoms with E-state index in [4.69, 9.17) is 31.0 Å². The predicted molar refractivity (Wildman–Crippen MR) is 167 cm³/mol. The molecule has 1 unspecified atom stereocenters. The number of benzene rings is 3. The maximum atomic E-state index is 15.2. The van der Waals surface area contributed by atoms with Gasteiger partial charge >= 0.3 is 5.97 Å². The molecule has 0 saturated heterocycles. The van der Waals surface area contributed by atoms with Gasteiger partial charge in [-0.05, 0) is 50.5 Å². The van der Waals surface area contributed by atoms with Gasteiger partial charge < -0.3 is 24.2 Å². The minimum atomic E-state index is -4.70. The lowest BCUT2D eigenvalue weighted by atomic mass is 9.74. The van der Waals surface area contributed by atoms with E-state index in [1.807, 2.05) is 25.1 Å². The number of aryl methyl sites for hydroxylation is 1. The van der Waals surface area contributed by atoms with Gasteiger partial charge in [0.15, 0.2) is 11.6 Å². The van der Waals surface area contributed by atoms with Gasteiger partial charge in [-0.15, -0.1) is 0 Å². The highest BCUT2D eigenvalue weighted by molar-refractivity contribution is 7.89. The van der Waals surface area contributed by atoms with E-state index in [0.717, 1.165) is 29.5 Å². The number of hydrogen-bond donors (Lipinski definition) is 3. The maximum Gasteiger partial charge on any atom is 0.306 e.